The normalized spacial score (nSPS) is 11.3. The Morgan fingerprint density at radius 3 is 2.04 bits per heavy atom. The molecule has 7 nitrogen and oxygen atoms in total. The van der Waals surface area contributed by atoms with Gasteiger partial charge < -0.3 is 24.3 Å². The highest BCUT2D eigenvalue weighted by Gasteiger charge is 2.21. The van der Waals surface area contributed by atoms with Crippen LogP contribution in [0.3, 0.4) is 0 Å². The van der Waals surface area contributed by atoms with Gasteiger partial charge in [0, 0.05) is 5.56 Å². The van der Waals surface area contributed by atoms with Gasteiger partial charge in [-0.2, -0.15) is 0 Å². The molecule has 0 saturated heterocycles. The summed E-state index contributed by atoms with van der Waals surface area (Å²) in [5.74, 6) is 0.0933. The molecule has 0 bridgehead atoms. The summed E-state index contributed by atoms with van der Waals surface area (Å²) in [6.45, 7) is 3.69. The van der Waals surface area contributed by atoms with E-state index in [-0.39, 0.29) is 12.2 Å². The van der Waals surface area contributed by atoms with Gasteiger partial charge in [-0.05, 0) is 31.5 Å². The Morgan fingerprint density at radius 1 is 0.964 bits per heavy atom. The molecule has 1 N–H and O–H groups in total. The number of hydrogen-bond acceptors (Lipinski definition) is 6. The van der Waals surface area contributed by atoms with Crippen molar-refractivity contribution in [2.75, 3.05) is 21.3 Å². The van der Waals surface area contributed by atoms with Gasteiger partial charge in [0.05, 0.1) is 21.3 Å². The lowest BCUT2D eigenvalue weighted by Gasteiger charge is -2.16. The van der Waals surface area contributed by atoms with Crippen LogP contribution in [0.25, 0.3) is 0 Å². The smallest absolute Gasteiger partial charge is 0.328 e. The van der Waals surface area contributed by atoms with Crippen molar-refractivity contribution >= 4 is 11.9 Å². The lowest BCUT2D eigenvalue weighted by atomic mass is 10.1. The van der Waals surface area contributed by atoms with Crippen molar-refractivity contribution in [1.29, 1.82) is 0 Å². The molecule has 0 spiro atoms. The van der Waals surface area contributed by atoms with Crippen LogP contribution in [0.1, 0.15) is 28.4 Å². The quantitative estimate of drug-likeness (QED) is 0.702. The zero-order valence-electron chi connectivity index (χ0n) is 16.7. The summed E-state index contributed by atoms with van der Waals surface area (Å²) >= 11 is 0. The molecule has 0 fully saturated rings. The molecule has 0 aliphatic rings. The highest BCUT2D eigenvalue weighted by Crippen LogP contribution is 2.38. The minimum atomic E-state index is -0.822. The molecule has 1 atom stereocenters. The summed E-state index contributed by atoms with van der Waals surface area (Å²) in [6, 6.07) is 9.88. The maximum atomic E-state index is 12.5. The number of methoxy groups -OCH3 is 3. The molecule has 0 heterocycles. The van der Waals surface area contributed by atoms with Gasteiger partial charge in [-0.1, -0.05) is 29.8 Å². The summed E-state index contributed by atoms with van der Waals surface area (Å²) in [5, 5.41) is 2.62. The third-order valence-corrected chi connectivity index (χ3v) is 4.13. The SMILES string of the molecule is COc1cc(C(=O)N[C@@H](C)C(=O)OCc2ccc(C)cc2)cc(OC)c1OC. The standard InChI is InChI=1S/C21H25NO6/c1-13-6-8-15(9-7-13)12-28-21(24)14(2)22-20(23)16-10-17(25-3)19(27-5)18(11-16)26-4/h6-11,14H,12H2,1-5H3,(H,22,23)/t14-/m0/s1. The molecule has 0 unspecified atom stereocenters. The molecular formula is C21H25NO6. The van der Waals surface area contributed by atoms with Crippen molar-refractivity contribution in [3.63, 3.8) is 0 Å². The number of rotatable bonds is 8. The van der Waals surface area contributed by atoms with Crippen LogP contribution in [0.2, 0.25) is 0 Å². The molecule has 2 aromatic carbocycles. The number of hydrogen-bond donors (Lipinski definition) is 1. The van der Waals surface area contributed by atoms with Gasteiger partial charge in [-0.25, -0.2) is 4.79 Å². The summed E-state index contributed by atoms with van der Waals surface area (Å²) in [6.07, 6.45) is 0. The first-order valence-corrected chi connectivity index (χ1v) is 8.72. The zero-order valence-corrected chi connectivity index (χ0v) is 16.7. The molecule has 150 valence electrons. The minimum absolute atomic E-state index is 0.142. The Bertz CT molecular complexity index is 806. The van der Waals surface area contributed by atoms with E-state index in [0.29, 0.717) is 17.2 Å². The van der Waals surface area contributed by atoms with Crippen molar-refractivity contribution in [3.8, 4) is 17.2 Å². The van der Waals surface area contributed by atoms with Crippen LogP contribution in [0.15, 0.2) is 36.4 Å². The Labute approximate surface area is 164 Å². The van der Waals surface area contributed by atoms with Crippen molar-refractivity contribution in [2.24, 2.45) is 0 Å². The second kappa shape index (κ2) is 9.64. The lowest BCUT2D eigenvalue weighted by Crippen LogP contribution is -2.39. The van der Waals surface area contributed by atoms with Gasteiger partial charge >= 0.3 is 5.97 Å². The predicted molar refractivity (Wildman–Crippen MR) is 104 cm³/mol. The topological polar surface area (TPSA) is 83.1 Å². The first kappa shape index (κ1) is 21.1. The number of amides is 1. The highest BCUT2D eigenvalue weighted by molar-refractivity contribution is 5.97. The van der Waals surface area contributed by atoms with Gasteiger partial charge in [0.15, 0.2) is 11.5 Å². The van der Waals surface area contributed by atoms with E-state index < -0.39 is 17.9 Å². The minimum Gasteiger partial charge on any atom is -0.493 e. The number of nitrogens with one attached hydrogen (secondary N) is 1. The second-order valence-electron chi connectivity index (χ2n) is 6.20. The third kappa shape index (κ3) is 5.16. The molecule has 0 aliphatic carbocycles. The molecule has 0 aromatic heterocycles. The fourth-order valence-corrected chi connectivity index (χ4v) is 2.51. The predicted octanol–water partition coefficient (Wildman–Crippen LogP) is 2.88. The van der Waals surface area contributed by atoms with Crippen molar-refractivity contribution < 1.29 is 28.5 Å². The van der Waals surface area contributed by atoms with Crippen LogP contribution in [-0.2, 0) is 16.1 Å². The van der Waals surface area contributed by atoms with Crippen LogP contribution < -0.4 is 19.5 Å². The van der Waals surface area contributed by atoms with Crippen LogP contribution >= 0.6 is 0 Å². The van der Waals surface area contributed by atoms with E-state index in [9.17, 15) is 9.59 Å². The molecular weight excluding hydrogens is 362 g/mol. The highest BCUT2D eigenvalue weighted by atomic mass is 16.5. The van der Waals surface area contributed by atoms with Gasteiger partial charge in [-0.3, -0.25) is 4.79 Å². The number of aryl methyl sites for hydroxylation is 1. The van der Waals surface area contributed by atoms with Gasteiger partial charge in [0.25, 0.3) is 5.91 Å². The van der Waals surface area contributed by atoms with Gasteiger partial charge in [0.2, 0.25) is 5.75 Å². The number of ether oxygens (including phenoxy) is 4. The lowest BCUT2D eigenvalue weighted by molar-refractivity contribution is -0.146. The van der Waals surface area contributed by atoms with Crippen LogP contribution in [-0.4, -0.2) is 39.2 Å². The molecule has 0 aliphatic heterocycles. The molecule has 0 radical (unpaired) electrons. The van der Waals surface area contributed by atoms with Crippen molar-refractivity contribution in [3.05, 3.63) is 53.1 Å². The fraction of sp³-hybridized carbons (Fsp3) is 0.333. The maximum absolute atomic E-state index is 12.5. The van der Waals surface area contributed by atoms with Crippen LogP contribution in [0, 0.1) is 6.92 Å². The van der Waals surface area contributed by atoms with Crippen LogP contribution in [0.5, 0.6) is 17.2 Å². The maximum Gasteiger partial charge on any atom is 0.328 e. The van der Waals surface area contributed by atoms with E-state index in [2.05, 4.69) is 5.32 Å². The van der Waals surface area contributed by atoms with E-state index in [1.165, 1.54) is 33.5 Å². The first-order valence-electron chi connectivity index (χ1n) is 8.72. The molecule has 2 aromatic rings. The van der Waals surface area contributed by atoms with Crippen LogP contribution in [0.4, 0.5) is 0 Å². The number of carbonyl (C=O) groups is 2. The Morgan fingerprint density at radius 2 is 1.54 bits per heavy atom. The molecule has 1 amide bonds. The van der Waals surface area contributed by atoms with E-state index in [1.54, 1.807) is 6.92 Å². The molecule has 0 saturated carbocycles. The number of benzene rings is 2. The Kier molecular flexibility index (Phi) is 7.26. The summed E-state index contributed by atoms with van der Waals surface area (Å²) in [4.78, 5) is 24.7. The number of esters is 1. The van der Waals surface area contributed by atoms with Crippen molar-refractivity contribution in [2.45, 2.75) is 26.5 Å². The zero-order chi connectivity index (χ0) is 20.7. The van der Waals surface area contributed by atoms with E-state index in [0.717, 1.165) is 11.1 Å². The number of carbonyl (C=O) groups excluding carboxylic acids is 2. The van der Waals surface area contributed by atoms with E-state index >= 15 is 0 Å². The van der Waals surface area contributed by atoms with Gasteiger partial charge in [0.1, 0.15) is 12.6 Å². The second-order valence-corrected chi connectivity index (χ2v) is 6.20. The van der Waals surface area contributed by atoms with Gasteiger partial charge in [-0.15, -0.1) is 0 Å². The van der Waals surface area contributed by atoms with Crippen molar-refractivity contribution in [1.82, 2.24) is 5.32 Å². The molecule has 2 rings (SSSR count). The summed E-state index contributed by atoms with van der Waals surface area (Å²) < 4.78 is 21.0. The summed E-state index contributed by atoms with van der Waals surface area (Å²) in [5.41, 5.74) is 2.27. The molecule has 28 heavy (non-hydrogen) atoms. The molecule has 7 heteroatoms. The fourth-order valence-electron chi connectivity index (χ4n) is 2.51. The van der Waals surface area contributed by atoms with E-state index in [1.807, 2.05) is 31.2 Å². The Balaban J connectivity index is 2.02. The average Bonchev–Trinajstić information content (AvgIpc) is 2.71. The van der Waals surface area contributed by atoms with E-state index in [4.69, 9.17) is 18.9 Å². The largest absolute Gasteiger partial charge is 0.493 e. The first-order chi connectivity index (χ1) is 13.4. The Hall–Kier alpha value is -3.22. The third-order valence-electron chi connectivity index (χ3n) is 4.13. The summed E-state index contributed by atoms with van der Waals surface area (Å²) in [7, 11) is 4.40. The monoisotopic (exact) mass is 387 g/mol. The average molecular weight is 387 g/mol.